The van der Waals surface area contributed by atoms with Crippen LogP contribution in [0.5, 0.6) is 5.75 Å². The maximum absolute atomic E-state index is 11.8. The van der Waals surface area contributed by atoms with Gasteiger partial charge in [0.25, 0.3) is 0 Å². The molecule has 3 heteroatoms. The number of carbonyl (C=O) groups is 1. The lowest BCUT2D eigenvalue weighted by atomic mass is 10.1. The number of methoxy groups -OCH3 is 1. The van der Waals surface area contributed by atoms with E-state index in [0.29, 0.717) is 0 Å². The normalized spacial score (nSPS) is 10.9. The highest BCUT2D eigenvalue weighted by molar-refractivity contribution is 6.09. The molecule has 1 aromatic carbocycles. The molecule has 2 rings (SSSR count). The van der Waals surface area contributed by atoms with Gasteiger partial charge in [-0.05, 0) is 45.4 Å². The third-order valence-electron chi connectivity index (χ3n) is 3.51. The van der Waals surface area contributed by atoms with E-state index in [-0.39, 0.29) is 5.78 Å². The summed E-state index contributed by atoms with van der Waals surface area (Å²) in [5.41, 5.74) is 4.05. The van der Waals surface area contributed by atoms with Gasteiger partial charge in [-0.2, -0.15) is 0 Å². The number of ether oxygens (including phenoxy) is 1. The number of benzene rings is 1. The number of ketones is 1. The third-order valence-corrected chi connectivity index (χ3v) is 3.51. The molecule has 0 saturated heterocycles. The fourth-order valence-corrected chi connectivity index (χ4v) is 2.68. The zero-order chi connectivity index (χ0) is 13.4. The molecule has 0 aliphatic carbocycles. The Morgan fingerprint density at radius 3 is 2.50 bits per heavy atom. The minimum Gasteiger partial charge on any atom is -0.496 e. The van der Waals surface area contributed by atoms with Crippen molar-refractivity contribution >= 4 is 16.7 Å². The fourth-order valence-electron chi connectivity index (χ4n) is 2.68. The van der Waals surface area contributed by atoms with Crippen LogP contribution in [0.1, 0.15) is 35.5 Å². The number of hydrogen-bond donors (Lipinski definition) is 0. The predicted molar refractivity (Wildman–Crippen MR) is 73.6 cm³/mol. The van der Waals surface area contributed by atoms with Crippen LogP contribution < -0.4 is 4.74 Å². The zero-order valence-corrected chi connectivity index (χ0v) is 11.6. The van der Waals surface area contributed by atoms with E-state index in [4.69, 9.17) is 4.74 Å². The lowest BCUT2D eigenvalue weighted by molar-refractivity contribution is 0.101. The van der Waals surface area contributed by atoms with Gasteiger partial charge >= 0.3 is 0 Å². The Hall–Kier alpha value is -1.77. The van der Waals surface area contributed by atoms with Gasteiger partial charge < -0.3 is 9.30 Å². The lowest BCUT2D eigenvalue weighted by Gasteiger charge is -2.07. The molecule has 96 valence electrons. The molecule has 0 N–H and O–H groups in total. The van der Waals surface area contributed by atoms with E-state index in [1.54, 1.807) is 14.0 Å². The SMILES string of the molecule is CCn1c(C)c(C(C)=O)c2cc(OC)c(C)cc21. The van der Waals surface area contributed by atoms with Crippen LogP contribution in [0.2, 0.25) is 0 Å². The zero-order valence-electron chi connectivity index (χ0n) is 11.6. The molecule has 0 amide bonds. The number of rotatable bonds is 3. The Morgan fingerprint density at radius 1 is 1.33 bits per heavy atom. The molecule has 0 fully saturated rings. The summed E-state index contributed by atoms with van der Waals surface area (Å²) >= 11 is 0. The van der Waals surface area contributed by atoms with Crippen LogP contribution in [0.25, 0.3) is 10.9 Å². The second kappa shape index (κ2) is 4.48. The van der Waals surface area contributed by atoms with E-state index in [1.165, 1.54) is 0 Å². The van der Waals surface area contributed by atoms with Gasteiger partial charge in [-0.1, -0.05) is 0 Å². The quantitative estimate of drug-likeness (QED) is 0.775. The van der Waals surface area contributed by atoms with E-state index >= 15 is 0 Å². The largest absolute Gasteiger partial charge is 0.496 e. The highest BCUT2D eigenvalue weighted by Crippen LogP contribution is 2.32. The first-order valence-corrected chi connectivity index (χ1v) is 6.19. The second-order valence-electron chi connectivity index (χ2n) is 4.60. The average molecular weight is 245 g/mol. The first-order valence-electron chi connectivity index (χ1n) is 6.19. The molecule has 0 atom stereocenters. The van der Waals surface area contributed by atoms with Crippen molar-refractivity contribution in [2.45, 2.75) is 34.2 Å². The number of fused-ring (bicyclic) bond motifs is 1. The van der Waals surface area contributed by atoms with Gasteiger partial charge in [-0.15, -0.1) is 0 Å². The molecule has 0 bridgehead atoms. The van der Waals surface area contributed by atoms with E-state index in [9.17, 15) is 4.79 Å². The van der Waals surface area contributed by atoms with Gasteiger partial charge in [-0.25, -0.2) is 0 Å². The Kier molecular flexibility index (Phi) is 3.16. The van der Waals surface area contributed by atoms with Gasteiger partial charge in [-0.3, -0.25) is 4.79 Å². The summed E-state index contributed by atoms with van der Waals surface area (Å²) < 4.78 is 7.53. The fraction of sp³-hybridized carbons (Fsp3) is 0.400. The van der Waals surface area contributed by atoms with Crippen molar-refractivity contribution in [3.05, 3.63) is 29.0 Å². The molecule has 0 spiro atoms. The van der Waals surface area contributed by atoms with Gasteiger partial charge in [0.15, 0.2) is 5.78 Å². The van der Waals surface area contributed by atoms with E-state index in [0.717, 1.165) is 40.0 Å². The van der Waals surface area contributed by atoms with Gasteiger partial charge in [0.05, 0.1) is 7.11 Å². The van der Waals surface area contributed by atoms with Crippen LogP contribution >= 0.6 is 0 Å². The second-order valence-corrected chi connectivity index (χ2v) is 4.60. The molecule has 1 aromatic heterocycles. The van der Waals surface area contributed by atoms with Crippen molar-refractivity contribution in [3.63, 3.8) is 0 Å². The number of aryl methyl sites for hydroxylation is 2. The molecular weight excluding hydrogens is 226 g/mol. The van der Waals surface area contributed by atoms with E-state index < -0.39 is 0 Å². The predicted octanol–water partition coefficient (Wildman–Crippen LogP) is 3.49. The van der Waals surface area contributed by atoms with Crippen LogP contribution in [0.3, 0.4) is 0 Å². The number of Topliss-reactive ketones (excluding diaryl/α,β-unsaturated/α-hetero) is 1. The molecule has 18 heavy (non-hydrogen) atoms. The Morgan fingerprint density at radius 2 is 2.00 bits per heavy atom. The smallest absolute Gasteiger partial charge is 0.162 e. The average Bonchev–Trinajstić information content (AvgIpc) is 2.58. The summed E-state index contributed by atoms with van der Waals surface area (Å²) in [6.45, 7) is 8.60. The molecule has 0 unspecified atom stereocenters. The number of hydrogen-bond acceptors (Lipinski definition) is 2. The van der Waals surface area contributed by atoms with E-state index in [2.05, 4.69) is 17.6 Å². The van der Waals surface area contributed by atoms with Crippen molar-refractivity contribution in [1.29, 1.82) is 0 Å². The first-order chi connectivity index (χ1) is 8.51. The highest BCUT2D eigenvalue weighted by Gasteiger charge is 2.18. The Balaban J connectivity index is 2.91. The van der Waals surface area contributed by atoms with Gasteiger partial charge in [0.2, 0.25) is 0 Å². The minimum absolute atomic E-state index is 0.107. The maximum atomic E-state index is 11.8. The van der Waals surface area contributed by atoms with Crippen LogP contribution in [0.15, 0.2) is 12.1 Å². The van der Waals surface area contributed by atoms with Gasteiger partial charge in [0.1, 0.15) is 5.75 Å². The first kappa shape index (κ1) is 12.7. The third kappa shape index (κ3) is 1.70. The molecular formula is C15H19NO2. The summed E-state index contributed by atoms with van der Waals surface area (Å²) in [4.78, 5) is 11.8. The summed E-state index contributed by atoms with van der Waals surface area (Å²) in [6.07, 6.45) is 0. The van der Waals surface area contributed by atoms with Crippen LogP contribution in [0, 0.1) is 13.8 Å². The number of aromatic nitrogens is 1. The van der Waals surface area contributed by atoms with E-state index in [1.807, 2.05) is 19.9 Å². The van der Waals surface area contributed by atoms with Crippen molar-refractivity contribution in [1.82, 2.24) is 4.57 Å². The molecule has 0 aliphatic heterocycles. The van der Waals surface area contributed by atoms with Crippen molar-refractivity contribution in [2.75, 3.05) is 7.11 Å². The molecule has 0 radical (unpaired) electrons. The summed E-state index contributed by atoms with van der Waals surface area (Å²) in [5, 5.41) is 0.990. The molecule has 0 aliphatic rings. The highest BCUT2D eigenvalue weighted by atomic mass is 16.5. The number of nitrogens with zero attached hydrogens (tertiary/aromatic N) is 1. The van der Waals surface area contributed by atoms with Gasteiger partial charge in [0, 0.05) is 28.7 Å². The van der Waals surface area contributed by atoms with Crippen LogP contribution in [-0.4, -0.2) is 17.5 Å². The Bertz CT molecular complexity index is 623. The topological polar surface area (TPSA) is 31.2 Å². The molecule has 0 saturated carbocycles. The van der Waals surface area contributed by atoms with Crippen molar-refractivity contribution in [2.24, 2.45) is 0 Å². The summed E-state index contributed by atoms with van der Waals surface area (Å²) in [5.74, 6) is 0.939. The van der Waals surface area contributed by atoms with Crippen LogP contribution in [-0.2, 0) is 6.54 Å². The monoisotopic (exact) mass is 245 g/mol. The molecule has 2 aromatic rings. The van der Waals surface area contributed by atoms with Crippen molar-refractivity contribution in [3.8, 4) is 5.75 Å². The molecule has 1 heterocycles. The minimum atomic E-state index is 0.107. The molecule has 3 nitrogen and oxygen atoms in total. The standard InChI is InChI=1S/C15H19NO2/c1-6-16-10(3)15(11(4)17)12-8-14(18-5)9(2)7-13(12)16/h7-8H,6H2,1-5H3. The lowest BCUT2D eigenvalue weighted by Crippen LogP contribution is -1.99. The summed E-state index contributed by atoms with van der Waals surface area (Å²) in [6, 6.07) is 4.07. The number of carbonyl (C=O) groups excluding carboxylic acids is 1. The maximum Gasteiger partial charge on any atom is 0.162 e. The van der Waals surface area contributed by atoms with Crippen LogP contribution in [0.4, 0.5) is 0 Å². The Labute approximate surface area is 107 Å². The van der Waals surface area contributed by atoms with Crippen molar-refractivity contribution < 1.29 is 9.53 Å². The summed E-state index contributed by atoms with van der Waals surface area (Å²) in [7, 11) is 1.66.